The summed E-state index contributed by atoms with van der Waals surface area (Å²) in [5.41, 5.74) is 1.81. The molecule has 0 fully saturated rings. The summed E-state index contributed by atoms with van der Waals surface area (Å²) >= 11 is 0. The number of aromatic nitrogens is 2. The molecular weight excluding hydrogens is 254 g/mol. The molecule has 1 N–H and O–H groups in total. The van der Waals surface area contributed by atoms with Crippen LogP contribution in [0.1, 0.15) is 36.2 Å². The lowest BCUT2D eigenvalue weighted by Gasteiger charge is -2.26. The Kier molecular flexibility index (Phi) is 3.69. The van der Waals surface area contributed by atoms with Crippen LogP contribution in [0.4, 0.5) is 0 Å². The van der Waals surface area contributed by atoms with Crippen LogP contribution >= 0.6 is 0 Å². The van der Waals surface area contributed by atoms with Crippen LogP contribution in [0.5, 0.6) is 0 Å². The zero-order chi connectivity index (χ0) is 13.9. The van der Waals surface area contributed by atoms with Crippen molar-refractivity contribution < 1.29 is 4.42 Å². The third kappa shape index (κ3) is 2.67. The fourth-order valence-electron chi connectivity index (χ4n) is 2.66. The van der Waals surface area contributed by atoms with Gasteiger partial charge in [0.1, 0.15) is 11.6 Å². The molecule has 5 heteroatoms. The molecule has 0 saturated carbocycles. The van der Waals surface area contributed by atoms with E-state index in [0.717, 1.165) is 61.7 Å². The van der Waals surface area contributed by atoms with Crippen LogP contribution in [0.25, 0.3) is 0 Å². The largest absolute Gasteiger partial charge is 0.468 e. The molecule has 3 rings (SSSR count). The van der Waals surface area contributed by atoms with Gasteiger partial charge in [-0.3, -0.25) is 9.69 Å². The minimum absolute atomic E-state index is 0.0381. The van der Waals surface area contributed by atoms with Crippen LogP contribution in [0.2, 0.25) is 0 Å². The van der Waals surface area contributed by atoms with Crippen LogP contribution in [0.15, 0.2) is 27.6 Å². The quantitative estimate of drug-likeness (QED) is 0.923. The topological polar surface area (TPSA) is 62.1 Å². The lowest BCUT2D eigenvalue weighted by Crippen LogP contribution is -2.35. The highest BCUT2D eigenvalue weighted by Gasteiger charge is 2.21. The maximum Gasteiger partial charge on any atom is 0.254 e. The van der Waals surface area contributed by atoms with Gasteiger partial charge in [-0.15, -0.1) is 0 Å². The van der Waals surface area contributed by atoms with Crippen molar-refractivity contribution in [2.75, 3.05) is 6.54 Å². The molecule has 1 aliphatic rings. The lowest BCUT2D eigenvalue weighted by atomic mass is 10.1. The standard InChI is InChI=1S/C15H19N3O2/c1-2-4-14-16-13-10-18(9-11-5-3-8-20-11)7-6-12(13)15(19)17-14/h3,5,8H,2,4,6-7,9-10H2,1H3,(H,16,17,19). The van der Waals surface area contributed by atoms with Crippen molar-refractivity contribution in [2.24, 2.45) is 0 Å². The van der Waals surface area contributed by atoms with E-state index in [2.05, 4.69) is 21.8 Å². The molecule has 3 heterocycles. The average Bonchev–Trinajstić information content (AvgIpc) is 2.91. The summed E-state index contributed by atoms with van der Waals surface area (Å²) in [6, 6.07) is 3.87. The molecule has 0 radical (unpaired) electrons. The van der Waals surface area contributed by atoms with E-state index in [-0.39, 0.29) is 5.56 Å². The maximum absolute atomic E-state index is 12.1. The predicted molar refractivity (Wildman–Crippen MR) is 75.4 cm³/mol. The number of rotatable bonds is 4. The van der Waals surface area contributed by atoms with E-state index in [1.165, 1.54) is 0 Å². The fraction of sp³-hybridized carbons (Fsp3) is 0.467. The highest BCUT2D eigenvalue weighted by molar-refractivity contribution is 5.21. The van der Waals surface area contributed by atoms with Crippen molar-refractivity contribution in [3.05, 3.63) is 51.6 Å². The molecule has 2 aromatic heterocycles. The van der Waals surface area contributed by atoms with Crippen LogP contribution in [-0.2, 0) is 25.9 Å². The second-order valence-electron chi connectivity index (χ2n) is 5.23. The number of fused-ring (bicyclic) bond motifs is 1. The minimum atomic E-state index is 0.0381. The van der Waals surface area contributed by atoms with Crippen molar-refractivity contribution in [2.45, 2.75) is 39.3 Å². The molecule has 106 valence electrons. The highest BCUT2D eigenvalue weighted by Crippen LogP contribution is 2.16. The monoisotopic (exact) mass is 273 g/mol. The van der Waals surface area contributed by atoms with E-state index in [1.54, 1.807) is 6.26 Å². The van der Waals surface area contributed by atoms with E-state index in [4.69, 9.17) is 4.42 Å². The molecule has 0 aromatic carbocycles. The van der Waals surface area contributed by atoms with E-state index >= 15 is 0 Å². The molecule has 0 unspecified atom stereocenters. The number of aryl methyl sites for hydroxylation is 1. The van der Waals surface area contributed by atoms with E-state index in [0.29, 0.717) is 0 Å². The summed E-state index contributed by atoms with van der Waals surface area (Å²) < 4.78 is 5.38. The summed E-state index contributed by atoms with van der Waals surface area (Å²) in [5, 5.41) is 0. The van der Waals surface area contributed by atoms with Gasteiger partial charge in [-0.05, 0) is 25.0 Å². The second kappa shape index (κ2) is 5.63. The van der Waals surface area contributed by atoms with Gasteiger partial charge in [0, 0.05) is 25.1 Å². The molecule has 0 atom stereocenters. The first-order valence-corrected chi connectivity index (χ1v) is 7.12. The number of H-pyrrole nitrogens is 1. The van der Waals surface area contributed by atoms with Gasteiger partial charge in [0.25, 0.3) is 5.56 Å². The molecule has 1 aliphatic heterocycles. The van der Waals surface area contributed by atoms with E-state index < -0.39 is 0 Å². The van der Waals surface area contributed by atoms with Gasteiger partial charge >= 0.3 is 0 Å². The molecule has 5 nitrogen and oxygen atoms in total. The maximum atomic E-state index is 12.1. The molecule has 0 bridgehead atoms. The fourth-order valence-corrected chi connectivity index (χ4v) is 2.66. The molecule has 0 amide bonds. The Morgan fingerprint density at radius 3 is 3.15 bits per heavy atom. The summed E-state index contributed by atoms with van der Waals surface area (Å²) in [6.45, 7) is 4.44. The Hall–Kier alpha value is -1.88. The van der Waals surface area contributed by atoms with E-state index in [1.807, 2.05) is 12.1 Å². The molecule has 2 aromatic rings. The van der Waals surface area contributed by atoms with Crippen LogP contribution < -0.4 is 5.56 Å². The zero-order valence-corrected chi connectivity index (χ0v) is 11.7. The third-order valence-electron chi connectivity index (χ3n) is 3.65. The molecule has 20 heavy (non-hydrogen) atoms. The summed E-state index contributed by atoms with van der Waals surface area (Å²) in [6.07, 6.45) is 4.25. The number of hydrogen-bond acceptors (Lipinski definition) is 4. The first-order valence-electron chi connectivity index (χ1n) is 7.12. The van der Waals surface area contributed by atoms with Crippen LogP contribution in [-0.4, -0.2) is 21.4 Å². The van der Waals surface area contributed by atoms with Crippen molar-refractivity contribution in [3.8, 4) is 0 Å². The normalized spacial score (nSPS) is 15.2. The lowest BCUT2D eigenvalue weighted by molar-refractivity contribution is 0.221. The Balaban J connectivity index is 1.80. The van der Waals surface area contributed by atoms with Gasteiger partial charge in [-0.25, -0.2) is 4.98 Å². The van der Waals surface area contributed by atoms with Gasteiger partial charge in [0.15, 0.2) is 0 Å². The number of aromatic amines is 1. The number of furan rings is 1. The Morgan fingerprint density at radius 2 is 2.40 bits per heavy atom. The first kappa shape index (κ1) is 13.1. The van der Waals surface area contributed by atoms with Gasteiger partial charge in [0.05, 0.1) is 18.5 Å². The van der Waals surface area contributed by atoms with Gasteiger partial charge in [-0.1, -0.05) is 6.92 Å². The van der Waals surface area contributed by atoms with Gasteiger partial charge in [-0.2, -0.15) is 0 Å². The molecular formula is C15H19N3O2. The minimum Gasteiger partial charge on any atom is -0.468 e. The Bertz CT molecular complexity index is 631. The summed E-state index contributed by atoms with van der Waals surface area (Å²) in [5.74, 6) is 1.75. The van der Waals surface area contributed by atoms with Gasteiger partial charge < -0.3 is 9.40 Å². The number of hydrogen-bond donors (Lipinski definition) is 1. The summed E-state index contributed by atoms with van der Waals surface area (Å²) in [7, 11) is 0. The Labute approximate surface area is 117 Å². The smallest absolute Gasteiger partial charge is 0.254 e. The first-order chi connectivity index (χ1) is 9.76. The molecule has 0 aliphatic carbocycles. The summed E-state index contributed by atoms with van der Waals surface area (Å²) in [4.78, 5) is 21.8. The zero-order valence-electron chi connectivity index (χ0n) is 11.7. The van der Waals surface area contributed by atoms with Crippen LogP contribution in [0.3, 0.4) is 0 Å². The van der Waals surface area contributed by atoms with Gasteiger partial charge in [0.2, 0.25) is 0 Å². The number of nitrogens with one attached hydrogen (secondary N) is 1. The SMILES string of the molecule is CCCc1nc2c(c(=O)[nH]1)CCN(Cc1ccco1)C2. The predicted octanol–water partition coefficient (Wildman–Crippen LogP) is 1.87. The van der Waals surface area contributed by atoms with Crippen molar-refractivity contribution in [1.82, 2.24) is 14.9 Å². The number of nitrogens with zero attached hydrogens (tertiary/aromatic N) is 2. The average molecular weight is 273 g/mol. The second-order valence-corrected chi connectivity index (χ2v) is 5.23. The van der Waals surface area contributed by atoms with Crippen LogP contribution in [0, 0.1) is 0 Å². The van der Waals surface area contributed by atoms with Crippen molar-refractivity contribution in [1.29, 1.82) is 0 Å². The van der Waals surface area contributed by atoms with E-state index in [9.17, 15) is 4.79 Å². The Morgan fingerprint density at radius 1 is 1.50 bits per heavy atom. The molecule has 0 saturated heterocycles. The molecule has 0 spiro atoms. The van der Waals surface area contributed by atoms with Crippen molar-refractivity contribution >= 4 is 0 Å². The third-order valence-corrected chi connectivity index (χ3v) is 3.65. The van der Waals surface area contributed by atoms with Crippen molar-refractivity contribution in [3.63, 3.8) is 0 Å². The highest BCUT2D eigenvalue weighted by atomic mass is 16.3.